The number of benzene rings is 1. The average Bonchev–Trinajstić information content (AvgIpc) is 2.37. The second-order valence-corrected chi connectivity index (χ2v) is 7.84. The molecule has 0 aliphatic heterocycles. The summed E-state index contributed by atoms with van der Waals surface area (Å²) < 4.78 is 33.6. The maximum atomic E-state index is 12.2. The summed E-state index contributed by atoms with van der Waals surface area (Å²) >= 11 is 6.63. The van der Waals surface area contributed by atoms with E-state index in [4.69, 9.17) is 4.74 Å². The molecule has 0 unspecified atom stereocenters. The lowest BCUT2D eigenvalue weighted by Gasteiger charge is -2.10. The molecule has 0 fully saturated rings. The van der Waals surface area contributed by atoms with E-state index in [1.54, 1.807) is 12.1 Å². The van der Waals surface area contributed by atoms with Gasteiger partial charge in [-0.05, 0) is 47.0 Å². The van der Waals surface area contributed by atoms with Crippen molar-refractivity contribution in [1.29, 1.82) is 0 Å². The molecule has 0 aromatic heterocycles. The van der Waals surface area contributed by atoms with Crippen LogP contribution in [0.3, 0.4) is 0 Å². The van der Waals surface area contributed by atoms with Gasteiger partial charge in [-0.2, -0.15) is 0 Å². The third kappa shape index (κ3) is 5.44. The first-order valence-corrected chi connectivity index (χ1v) is 9.48. The quantitative estimate of drug-likeness (QED) is 0.643. The number of rotatable bonds is 8. The second-order valence-electron chi connectivity index (χ2n) is 4.40. The van der Waals surface area contributed by atoms with Crippen molar-refractivity contribution in [2.75, 3.05) is 19.8 Å². The molecule has 0 amide bonds. The summed E-state index contributed by atoms with van der Waals surface area (Å²) in [5.74, 6) is 0. The molecule has 0 bridgehead atoms. The van der Waals surface area contributed by atoms with Crippen molar-refractivity contribution < 1.29 is 13.2 Å². The van der Waals surface area contributed by atoms with Crippen LogP contribution in [0.4, 0.5) is 0 Å². The van der Waals surface area contributed by atoms with Crippen molar-refractivity contribution in [2.24, 2.45) is 0 Å². The van der Waals surface area contributed by atoms with Gasteiger partial charge in [-0.1, -0.05) is 29.3 Å². The van der Waals surface area contributed by atoms with Crippen LogP contribution in [0.25, 0.3) is 0 Å². The van der Waals surface area contributed by atoms with Gasteiger partial charge in [-0.3, -0.25) is 0 Å². The normalized spacial score (nSPS) is 11.8. The van der Waals surface area contributed by atoms with E-state index in [2.05, 4.69) is 43.5 Å². The van der Waals surface area contributed by atoms with Crippen molar-refractivity contribution in [2.45, 2.75) is 31.6 Å². The van der Waals surface area contributed by atoms with E-state index >= 15 is 0 Å². The molecule has 7 heteroatoms. The first-order chi connectivity index (χ1) is 9.38. The fourth-order valence-electron chi connectivity index (χ4n) is 1.51. The number of sulfonamides is 1. The van der Waals surface area contributed by atoms with Gasteiger partial charge in [0, 0.05) is 22.1 Å². The maximum absolute atomic E-state index is 12.2. The Bertz CT molecular complexity index is 547. The van der Waals surface area contributed by atoms with Gasteiger partial charge in [0.1, 0.15) is 0 Å². The summed E-state index contributed by atoms with van der Waals surface area (Å²) in [6, 6.07) is 3.37. The molecule has 0 saturated carbocycles. The molecule has 114 valence electrons. The van der Waals surface area contributed by atoms with E-state index in [9.17, 15) is 8.42 Å². The molecule has 1 N–H and O–H groups in total. The molecule has 4 nitrogen and oxygen atoms in total. The minimum Gasteiger partial charge on any atom is -0.380 e. The Morgan fingerprint density at radius 2 is 1.90 bits per heavy atom. The molecular weight excluding hydrogens is 410 g/mol. The van der Waals surface area contributed by atoms with Gasteiger partial charge in [-0.25, -0.2) is 13.1 Å². The second kappa shape index (κ2) is 8.48. The van der Waals surface area contributed by atoms with Gasteiger partial charge in [0.2, 0.25) is 10.0 Å². The standard InChI is InChI=1S/C13H19Br2NO3S/c1-3-4-6-19-7-5-16-20(17,18)13-9-11(14)10(2)8-12(13)15/h8-9,16H,3-7H2,1-2H3. The van der Waals surface area contributed by atoms with Crippen LogP contribution in [0.1, 0.15) is 25.3 Å². The molecule has 1 aromatic rings. The van der Waals surface area contributed by atoms with Crippen LogP contribution in [0, 0.1) is 6.92 Å². The van der Waals surface area contributed by atoms with Gasteiger partial charge >= 0.3 is 0 Å². The highest BCUT2D eigenvalue weighted by molar-refractivity contribution is 9.11. The van der Waals surface area contributed by atoms with Crippen LogP contribution in [-0.2, 0) is 14.8 Å². The molecule has 0 radical (unpaired) electrons. The molecule has 20 heavy (non-hydrogen) atoms. The van der Waals surface area contributed by atoms with Crippen LogP contribution >= 0.6 is 31.9 Å². The van der Waals surface area contributed by atoms with Crippen LogP contribution < -0.4 is 4.72 Å². The molecule has 1 aromatic carbocycles. The van der Waals surface area contributed by atoms with E-state index in [0.717, 1.165) is 22.9 Å². The lowest BCUT2D eigenvalue weighted by atomic mass is 10.2. The third-order valence-electron chi connectivity index (χ3n) is 2.68. The zero-order valence-corrected chi connectivity index (χ0v) is 15.6. The number of nitrogens with one attached hydrogen (secondary N) is 1. The predicted molar refractivity (Wildman–Crippen MR) is 87.5 cm³/mol. The lowest BCUT2D eigenvalue weighted by Crippen LogP contribution is -2.28. The van der Waals surface area contributed by atoms with E-state index in [0.29, 0.717) is 17.7 Å². The maximum Gasteiger partial charge on any atom is 0.241 e. The zero-order chi connectivity index (χ0) is 15.2. The Hall–Kier alpha value is 0.0500. The lowest BCUT2D eigenvalue weighted by molar-refractivity contribution is 0.136. The number of hydrogen-bond donors (Lipinski definition) is 1. The Labute approximate surface area is 137 Å². The summed E-state index contributed by atoms with van der Waals surface area (Å²) in [5, 5.41) is 0. The first kappa shape index (κ1) is 18.1. The van der Waals surface area contributed by atoms with Crippen molar-refractivity contribution in [3.8, 4) is 0 Å². The summed E-state index contributed by atoms with van der Waals surface area (Å²) in [6.45, 7) is 5.30. The smallest absolute Gasteiger partial charge is 0.241 e. The highest BCUT2D eigenvalue weighted by Crippen LogP contribution is 2.28. The Kier molecular flexibility index (Phi) is 7.68. The number of ether oxygens (including phenoxy) is 1. The molecule has 0 aliphatic rings. The fourth-order valence-corrected chi connectivity index (χ4v) is 4.20. The molecule has 0 aliphatic carbocycles. The van der Waals surface area contributed by atoms with Gasteiger partial charge in [0.05, 0.1) is 11.5 Å². The summed E-state index contributed by atoms with van der Waals surface area (Å²) in [6.07, 6.45) is 2.05. The molecular formula is C13H19Br2NO3S. The van der Waals surface area contributed by atoms with Gasteiger partial charge < -0.3 is 4.74 Å². The number of unbranched alkanes of at least 4 members (excludes halogenated alkanes) is 1. The Morgan fingerprint density at radius 1 is 1.20 bits per heavy atom. The van der Waals surface area contributed by atoms with E-state index in [1.165, 1.54) is 0 Å². The highest BCUT2D eigenvalue weighted by atomic mass is 79.9. The van der Waals surface area contributed by atoms with E-state index in [1.807, 2.05) is 6.92 Å². The first-order valence-electron chi connectivity index (χ1n) is 6.41. The van der Waals surface area contributed by atoms with E-state index in [-0.39, 0.29) is 11.4 Å². The van der Waals surface area contributed by atoms with Crippen molar-refractivity contribution >= 4 is 41.9 Å². The minimum absolute atomic E-state index is 0.225. The summed E-state index contributed by atoms with van der Waals surface area (Å²) in [7, 11) is -3.53. The van der Waals surface area contributed by atoms with Crippen molar-refractivity contribution in [3.05, 3.63) is 26.6 Å². The number of hydrogen-bond acceptors (Lipinski definition) is 3. The minimum atomic E-state index is -3.53. The largest absolute Gasteiger partial charge is 0.380 e. The fraction of sp³-hybridized carbons (Fsp3) is 0.538. The molecule has 0 saturated heterocycles. The van der Waals surface area contributed by atoms with E-state index < -0.39 is 10.0 Å². The monoisotopic (exact) mass is 427 g/mol. The van der Waals surface area contributed by atoms with Gasteiger partial charge in [0.25, 0.3) is 0 Å². The number of aryl methyl sites for hydroxylation is 1. The summed E-state index contributed by atoms with van der Waals surface area (Å²) in [5.41, 5.74) is 0.971. The molecule has 0 atom stereocenters. The molecule has 0 heterocycles. The van der Waals surface area contributed by atoms with Gasteiger partial charge in [0.15, 0.2) is 0 Å². The third-order valence-corrected chi connectivity index (χ3v) is 5.96. The van der Waals surface area contributed by atoms with Crippen molar-refractivity contribution in [1.82, 2.24) is 4.72 Å². The van der Waals surface area contributed by atoms with Crippen LogP contribution in [0.5, 0.6) is 0 Å². The van der Waals surface area contributed by atoms with Gasteiger partial charge in [-0.15, -0.1) is 0 Å². The highest BCUT2D eigenvalue weighted by Gasteiger charge is 2.18. The SMILES string of the molecule is CCCCOCCNS(=O)(=O)c1cc(Br)c(C)cc1Br. The van der Waals surface area contributed by atoms with Crippen LogP contribution in [0.2, 0.25) is 0 Å². The summed E-state index contributed by atoms with van der Waals surface area (Å²) in [4.78, 5) is 0.225. The Morgan fingerprint density at radius 3 is 2.55 bits per heavy atom. The zero-order valence-electron chi connectivity index (χ0n) is 11.6. The predicted octanol–water partition coefficient (Wildman–Crippen LogP) is 3.62. The molecule has 1 rings (SSSR count). The van der Waals surface area contributed by atoms with Crippen molar-refractivity contribution in [3.63, 3.8) is 0 Å². The van der Waals surface area contributed by atoms with Crippen LogP contribution in [0.15, 0.2) is 26.0 Å². The number of halogens is 2. The Balaban J connectivity index is 2.63. The topological polar surface area (TPSA) is 55.4 Å². The molecule has 0 spiro atoms. The van der Waals surface area contributed by atoms with Crippen LogP contribution in [-0.4, -0.2) is 28.2 Å². The average molecular weight is 429 g/mol.